The van der Waals surface area contributed by atoms with Crippen LogP contribution in [0.15, 0.2) is 42.5 Å². The maximum atomic E-state index is 10.2. The first-order valence-electron chi connectivity index (χ1n) is 7.59. The number of phenols is 1. The molecule has 0 aliphatic carbocycles. The van der Waals surface area contributed by atoms with E-state index in [1.54, 1.807) is 18.2 Å². The van der Waals surface area contributed by atoms with Gasteiger partial charge in [-0.1, -0.05) is 35.9 Å². The molecule has 3 N–H and O–H groups in total. The van der Waals surface area contributed by atoms with Crippen LogP contribution in [0.5, 0.6) is 11.5 Å². The van der Waals surface area contributed by atoms with Crippen LogP contribution in [-0.4, -0.2) is 22.9 Å². The molecule has 124 valence electrons. The molecule has 23 heavy (non-hydrogen) atoms. The maximum absolute atomic E-state index is 10.2. The van der Waals surface area contributed by atoms with Gasteiger partial charge < -0.3 is 20.3 Å². The van der Waals surface area contributed by atoms with Gasteiger partial charge in [0.05, 0.1) is 17.2 Å². The molecule has 2 aromatic rings. The van der Waals surface area contributed by atoms with Crippen molar-refractivity contribution >= 4 is 11.6 Å². The zero-order chi connectivity index (χ0) is 16.8. The second-order valence-corrected chi connectivity index (χ2v) is 6.04. The van der Waals surface area contributed by atoms with Gasteiger partial charge in [0.1, 0.15) is 11.5 Å². The molecule has 0 amide bonds. The van der Waals surface area contributed by atoms with Crippen molar-refractivity contribution in [3.05, 3.63) is 58.6 Å². The number of hydrogen-bond acceptors (Lipinski definition) is 4. The molecular weight excluding hydrogens is 314 g/mol. The Morgan fingerprint density at radius 1 is 1.13 bits per heavy atom. The molecule has 0 heterocycles. The van der Waals surface area contributed by atoms with Gasteiger partial charge in [-0.05, 0) is 37.6 Å². The number of rotatable bonds is 7. The smallest absolute Gasteiger partial charge is 0.138 e. The predicted octanol–water partition coefficient (Wildman–Crippen LogP) is 3.66. The minimum Gasteiger partial charge on any atom is -0.506 e. The zero-order valence-electron chi connectivity index (χ0n) is 13.3. The van der Waals surface area contributed by atoms with Crippen LogP contribution in [0.25, 0.3) is 0 Å². The second kappa shape index (κ2) is 8.20. The third-order valence-electron chi connectivity index (χ3n) is 3.36. The van der Waals surface area contributed by atoms with E-state index in [0.717, 1.165) is 11.3 Å². The molecule has 0 fully saturated rings. The number of nitrogens with one attached hydrogen (secondary N) is 1. The van der Waals surface area contributed by atoms with Crippen LogP contribution in [-0.2, 0) is 6.54 Å². The topological polar surface area (TPSA) is 61.7 Å². The van der Waals surface area contributed by atoms with E-state index in [0.29, 0.717) is 23.7 Å². The zero-order valence-corrected chi connectivity index (χ0v) is 14.0. The molecular formula is C18H22ClNO3. The van der Waals surface area contributed by atoms with Gasteiger partial charge in [-0.2, -0.15) is 0 Å². The Hall–Kier alpha value is -1.75. The average Bonchev–Trinajstić information content (AvgIpc) is 2.51. The molecule has 0 aliphatic heterocycles. The number of phenolic OH excluding ortho intramolecular Hbond substituents is 1. The summed E-state index contributed by atoms with van der Waals surface area (Å²) in [5, 5.41) is 23.5. The molecule has 0 saturated carbocycles. The van der Waals surface area contributed by atoms with Crippen molar-refractivity contribution in [2.45, 2.75) is 32.6 Å². The highest BCUT2D eigenvalue weighted by Crippen LogP contribution is 2.26. The molecule has 4 nitrogen and oxygen atoms in total. The summed E-state index contributed by atoms with van der Waals surface area (Å²) in [4.78, 5) is 0. The van der Waals surface area contributed by atoms with Crippen LogP contribution in [0, 0.1) is 0 Å². The van der Waals surface area contributed by atoms with E-state index in [9.17, 15) is 10.2 Å². The van der Waals surface area contributed by atoms with Crippen LogP contribution in [0.4, 0.5) is 0 Å². The number of aliphatic hydroxyl groups excluding tert-OH is 1. The molecule has 0 radical (unpaired) electrons. The maximum Gasteiger partial charge on any atom is 0.138 e. The molecule has 2 aromatic carbocycles. The fourth-order valence-corrected chi connectivity index (χ4v) is 2.40. The average molecular weight is 336 g/mol. The molecule has 0 aromatic heterocycles. The van der Waals surface area contributed by atoms with Gasteiger partial charge in [-0.3, -0.25) is 0 Å². The van der Waals surface area contributed by atoms with E-state index < -0.39 is 6.10 Å². The third kappa shape index (κ3) is 5.13. The quantitative estimate of drug-likeness (QED) is 0.722. The van der Waals surface area contributed by atoms with E-state index in [2.05, 4.69) is 5.32 Å². The molecule has 1 unspecified atom stereocenters. The van der Waals surface area contributed by atoms with Gasteiger partial charge in [0.25, 0.3) is 0 Å². The van der Waals surface area contributed by atoms with E-state index in [1.807, 2.05) is 38.1 Å². The fraction of sp³-hybridized carbons (Fsp3) is 0.333. The number of halogens is 1. The molecule has 0 saturated heterocycles. The number of aliphatic hydroxyl groups is 1. The molecule has 1 atom stereocenters. The third-order valence-corrected chi connectivity index (χ3v) is 3.67. The lowest BCUT2D eigenvalue weighted by molar-refractivity contribution is 0.174. The number of aromatic hydroxyl groups is 1. The van der Waals surface area contributed by atoms with Crippen molar-refractivity contribution in [3.8, 4) is 11.5 Å². The Kier molecular flexibility index (Phi) is 6.28. The molecule has 5 heteroatoms. The largest absolute Gasteiger partial charge is 0.506 e. The first-order chi connectivity index (χ1) is 11.0. The summed E-state index contributed by atoms with van der Waals surface area (Å²) < 4.78 is 5.57. The van der Waals surface area contributed by atoms with Crippen LogP contribution in [0.2, 0.25) is 5.02 Å². The van der Waals surface area contributed by atoms with Crippen LogP contribution in [0.1, 0.15) is 31.1 Å². The van der Waals surface area contributed by atoms with Crippen LogP contribution >= 0.6 is 11.6 Å². The minimum absolute atomic E-state index is 0.0753. The van der Waals surface area contributed by atoms with Crippen molar-refractivity contribution in [3.63, 3.8) is 0 Å². The van der Waals surface area contributed by atoms with Crippen molar-refractivity contribution in [2.24, 2.45) is 0 Å². The van der Waals surface area contributed by atoms with Crippen LogP contribution < -0.4 is 10.1 Å². The van der Waals surface area contributed by atoms with Gasteiger partial charge >= 0.3 is 0 Å². The van der Waals surface area contributed by atoms with Gasteiger partial charge in [0, 0.05) is 18.7 Å². The lowest BCUT2D eigenvalue weighted by Gasteiger charge is -2.14. The monoisotopic (exact) mass is 335 g/mol. The Balaban J connectivity index is 1.87. The summed E-state index contributed by atoms with van der Waals surface area (Å²) in [7, 11) is 0. The Bertz CT molecular complexity index is 629. The van der Waals surface area contributed by atoms with Crippen molar-refractivity contribution in [1.29, 1.82) is 0 Å². The predicted molar refractivity (Wildman–Crippen MR) is 92.0 cm³/mol. The van der Waals surface area contributed by atoms with Crippen molar-refractivity contribution in [1.82, 2.24) is 5.32 Å². The summed E-state index contributed by atoms with van der Waals surface area (Å²) in [6.45, 7) is 4.74. The normalized spacial score (nSPS) is 12.4. The van der Waals surface area contributed by atoms with Crippen molar-refractivity contribution in [2.75, 3.05) is 6.54 Å². The second-order valence-electron chi connectivity index (χ2n) is 5.63. The Morgan fingerprint density at radius 3 is 2.48 bits per heavy atom. The lowest BCUT2D eigenvalue weighted by atomic mass is 10.1. The fourth-order valence-electron chi connectivity index (χ4n) is 2.20. The summed E-state index contributed by atoms with van der Waals surface area (Å²) in [6.07, 6.45) is -0.512. The Morgan fingerprint density at radius 2 is 1.83 bits per heavy atom. The number of ether oxygens (including phenoxy) is 1. The minimum atomic E-state index is -0.635. The van der Waals surface area contributed by atoms with E-state index >= 15 is 0 Å². The van der Waals surface area contributed by atoms with Gasteiger partial charge in [-0.25, -0.2) is 0 Å². The molecule has 0 spiro atoms. The lowest BCUT2D eigenvalue weighted by Crippen LogP contribution is -2.21. The van der Waals surface area contributed by atoms with Gasteiger partial charge in [0.15, 0.2) is 0 Å². The van der Waals surface area contributed by atoms with Gasteiger partial charge in [0.2, 0.25) is 0 Å². The molecule has 0 aliphatic rings. The van der Waals surface area contributed by atoms with E-state index in [4.69, 9.17) is 16.3 Å². The highest BCUT2D eigenvalue weighted by molar-refractivity contribution is 6.32. The summed E-state index contributed by atoms with van der Waals surface area (Å²) in [5.74, 6) is 0.860. The number of para-hydroxylation sites is 1. The Labute approximate surface area is 141 Å². The van der Waals surface area contributed by atoms with E-state index in [-0.39, 0.29) is 11.9 Å². The van der Waals surface area contributed by atoms with E-state index in [1.165, 1.54) is 0 Å². The standard InChI is InChI=1S/C18H22ClNO3/c1-12(2)23-15-8-6-13(7-9-15)17(21)11-20-10-14-4-3-5-16(19)18(14)22/h3-9,12,17,20-22H,10-11H2,1-2H3. The highest BCUT2D eigenvalue weighted by atomic mass is 35.5. The molecule has 2 rings (SSSR count). The summed E-state index contributed by atoms with van der Waals surface area (Å²) >= 11 is 5.86. The van der Waals surface area contributed by atoms with Gasteiger partial charge in [-0.15, -0.1) is 0 Å². The first-order valence-corrected chi connectivity index (χ1v) is 7.97. The first kappa shape index (κ1) is 17.6. The van der Waals surface area contributed by atoms with Crippen molar-refractivity contribution < 1.29 is 14.9 Å². The summed E-state index contributed by atoms with van der Waals surface area (Å²) in [6, 6.07) is 12.6. The SMILES string of the molecule is CC(C)Oc1ccc(C(O)CNCc2cccc(Cl)c2O)cc1. The number of benzene rings is 2. The summed E-state index contributed by atoms with van der Waals surface area (Å²) in [5.41, 5.74) is 1.51. The highest BCUT2D eigenvalue weighted by Gasteiger charge is 2.09. The number of hydrogen-bond donors (Lipinski definition) is 3. The molecule has 0 bridgehead atoms. The van der Waals surface area contributed by atoms with Crippen LogP contribution in [0.3, 0.4) is 0 Å².